The lowest BCUT2D eigenvalue weighted by Crippen LogP contribution is -2.56. The number of ketones is 2. The number of fused-ring (bicyclic) bond motifs is 5. The van der Waals surface area contributed by atoms with Crippen molar-refractivity contribution in [3.8, 4) is 17.2 Å². The van der Waals surface area contributed by atoms with Crippen molar-refractivity contribution in [2.24, 2.45) is 17.8 Å². The Morgan fingerprint density at radius 1 is 1.07 bits per heavy atom. The van der Waals surface area contributed by atoms with Gasteiger partial charge in [0.25, 0.3) is 5.56 Å². The third-order valence-electron chi connectivity index (χ3n) is 12.4. The quantitative estimate of drug-likeness (QED) is 0.210. The standard InChI is InChI=1S/C43H48ClN3O9S/c1-7-22(2)38(42(53)46-19-24-16-26(21-46)29-9-8-10-34(50)47(29)20-24)45-33(49)17-28(25-11-13-27(57-6)14-12-25)35-30(48)15-23(3)43(40(35)51)41(52)36-31(54-4)18-32(55-5)37(44)39(36)56-43/h8-14,18,22-24,26,28,38,51H,7,15-17,19-21H2,1-6H3,(H,45,49)/t22?,23-,24-,26+,28?,38+,43+/m1/s1. The summed E-state index contributed by atoms with van der Waals surface area (Å²) < 4.78 is 19.1. The molecule has 2 unspecified atom stereocenters. The van der Waals surface area contributed by atoms with Crippen molar-refractivity contribution in [2.75, 3.05) is 33.6 Å². The maximum Gasteiger partial charge on any atom is 0.250 e. The minimum absolute atomic E-state index is 0.00167. The number of rotatable bonds is 11. The molecular formula is C43H48ClN3O9S. The van der Waals surface area contributed by atoms with Gasteiger partial charge in [-0.1, -0.05) is 57.0 Å². The highest BCUT2D eigenvalue weighted by Crippen LogP contribution is 2.56. The van der Waals surface area contributed by atoms with Crippen LogP contribution in [0.15, 0.2) is 69.6 Å². The van der Waals surface area contributed by atoms with Crippen LogP contribution in [0.4, 0.5) is 0 Å². The van der Waals surface area contributed by atoms with Crippen molar-refractivity contribution in [1.82, 2.24) is 14.8 Å². The number of carbonyl (C=O) groups is 4. The molecule has 0 saturated carbocycles. The van der Waals surface area contributed by atoms with Gasteiger partial charge in [-0.3, -0.25) is 24.0 Å². The van der Waals surface area contributed by atoms with Crippen LogP contribution in [0.25, 0.3) is 0 Å². The fourth-order valence-electron chi connectivity index (χ4n) is 9.14. The van der Waals surface area contributed by atoms with E-state index in [1.807, 2.05) is 47.8 Å². The molecular weight excluding hydrogens is 770 g/mol. The minimum atomic E-state index is -2.03. The maximum absolute atomic E-state index is 14.5. The van der Waals surface area contributed by atoms with Crippen molar-refractivity contribution in [3.63, 3.8) is 0 Å². The van der Waals surface area contributed by atoms with Gasteiger partial charge in [0.2, 0.25) is 23.2 Å². The van der Waals surface area contributed by atoms with Crippen LogP contribution in [0.2, 0.25) is 5.02 Å². The van der Waals surface area contributed by atoms with Gasteiger partial charge in [0.1, 0.15) is 28.1 Å². The molecule has 1 aliphatic carbocycles. The second-order valence-electron chi connectivity index (χ2n) is 15.7. The summed E-state index contributed by atoms with van der Waals surface area (Å²) in [5.41, 5.74) is -0.699. The molecule has 4 aliphatic rings. The van der Waals surface area contributed by atoms with Gasteiger partial charge in [-0.15, -0.1) is 11.8 Å². The molecule has 7 atom stereocenters. The van der Waals surface area contributed by atoms with E-state index in [0.717, 1.165) is 17.0 Å². The third kappa shape index (κ3) is 6.90. The summed E-state index contributed by atoms with van der Waals surface area (Å²) in [7, 11) is 2.80. The molecule has 14 heteroatoms. The maximum atomic E-state index is 14.5. The summed E-state index contributed by atoms with van der Waals surface area (Å²) in [6.45, 7) is 6.95. The average molecular weight is 818 g/mol. The molecule has 12 nitrogen and oxygen atoms in total. The first-order chi connectivity index (χ1) is 27.3. The highest BCUT2D eigenvalue weighted by atomic mass is 35.5. The normalized spacial score (nSPS) is 24.0. The van der Waals surface area contributed by atoms with E-state index in [0.29, 0.717) is 31.6 Å². The number of allylic oxidation sites excluding steroid dienone is 1. The Morgan fingerprint density at radius 2 is 1.79 bits per heavy atom. The molecule has 0 radical (unpaired) electrons. The molecule has 3 aromatic rings. The van der Waals surface area contributed by atoms with Crippen LogP contribution in [-0.4, -0.2) is 83.2 Å². The number of hydrogen-bond donors (Lipinski definition) is 2. The summed E-state index contributed by atoms with van der Waals surface area (Å²) in [5, 5.41) is 15.4. The molecule has 7 rings (SSSR count). The number of hydrogen-bond acceptors (Lipinski definition) is 10. The molecule has 1 spiro atoms. The Bertz CT molecular complexity index is 2220. The van der Waals surface area contributed by atoms with Crippen molar-refractivity contribution < 1.29 is 38.5 Å². The van der Waals surface area contributed by atoms with Crippen molar-refractivity contribution in [1.29, 1.82) is 0 Å². The number of nitrogens with one attached hydrogen (secondary N) is 1. The highest BCUT2D eigenvalue weighted by Gasteiger charge is 2.61. The predicted octanol–water partition coefficient (Wildman–Crippen LogP) is 6.33. The van der Waals surface area contributed by atoms with Crippen molar-refractivity contribution >= 4 is 46.7 Å². The van der Waals surface area contributed by atoms with E-state index in [2.05, 4.69) is 5.32 Å². The number of methoxy groups -OCH3 is 2. The number of benzene rings is 2. The molecule has 4 heterocycles. The van der Waals surface area contributed by atoms with Gasteiger partial charge >= 0.3 is 0 Å². The van der Waals surface area contributed by atoms with Crippen LogP contribution in [-0.2, 0) is 20.9 Å². The fourth-order valence-corrected chi connectivity index (χ4v) is 9.81. The van der Waals surface area contributed by atoms with Gasteiger partial charge in [0.15, 0.2) is 17.3 Å². The number of pyridine rings is 1. The number of carbonyl (C=O) groups excluding carboxylic acids is 4. The van der Waals surface area contributed by atoms with E-state index in [1.54, 1.807) is 31.2 Å². The van der Waals surface area contributed by atoms with Crippen molar-refractivity contribution in [3.05, 3.63) is 92.1 Å². The lowest BCUT2D eigenvalue weighted by Gasteiger charge is -2.44. The number of aromatic nitrogens is 1. The topological polar surface area (TPSA) is 153 Å². The number of Topliss-reactive ketones (excluding diaryl/α,β-unsaturated/α-hetero) is 2. The molecule has 1 saturated heterocycles. The Labute approximate surface area is 340 Å². The molecule has 2 aromatic carbocycles. The van der Waals surface area contributed by atoms with Crippen LogP contribution < -0.4 is 25.1 Å². The highest BCUT2D eigenvalue weighted by molar-refractivity contribution is 7.98. The summed E-state index contributed by atoms with van der Waals surface area (Å²) >= 11 is 8.19. The van der Waals surface area contributed by atoms with Crippen LogP contribution in [0.3, 0.4) is 0 Å². The van der Waals surface area contributed by atoms with Gasteiger partial charge in [-0.05, 0) is 48.3 Å². The lowest BCUT2D eigenvalue weighted by molar-refractivity contribution is -0.140. The first-order valence-electron chi connectivity index (χ1n) is 19.3. The van der Waals surface area contributed by atoms with Crippen LogP contribution in [0.1, 0.15) is 79.9 Å². The van der Waals surface area contributed by atoms with Gasteiger partial charge < -0.3 is 34.1 Å². The number of halogens is 1. The number of piperidine rings is 1. The first-order valence-corrected chi connectivity index (χ1v) is 20.9. The van der Waals surface area contributed by atoms with Gasteiger partial charge in [0, 0.05) is 78.5 Å². The van der Waals surface area contributed by atoms with E-state index in [-0.39, 0.29) is 75.5 Å². The molecule has 2 bridgehead atoms. The molecule has 302 valence electrons. The second-order valence-corrected chi connectivity index (χ2v) is 16.9. The first kappa shape index (κ1) is 40.4. The van der Waals surface area contributed by atoms with Crippen LogP contribution in [0, 0.1) is 17.8 Å². The lowest BCUT2D eigenvalue weighted by atomic mass is 9.69. The van der Waals surface area contributed by atoms with Gasteiger partial charge in [-0.25, -0.2) is 0 Å². The van der Waals surface area contributed by atoms with E-state index in [1.165, 1.54) is 32.0 Å². The number of likely N-dealkylation sites (tertiary alicyclic amines) is 1. The minimum Gasteiger partial charge on any atom is -0.507 e. The smallest absolute Gasteiger partial charge is 0.250 e. The Hall–Kier alpha value is -4.75. The zero-order valence-corrected chi connectivity index (χ0v) is 34.5. The average Bonchev–Trinajstić information content (AvgIpc) is 3.53. The Balaban J connectivity index is 1.23. The van der Waals surface area contributed by atoms with E-state index >= 15 is 0 Å². The zero-order valence-electron chi connectivity index (χ0n) is 32.9. The molecule has 57 heavy (non-hydrogen) atoms. The number of aliphatic hydroxyl groups excluding tert-OH is 1. The summed E-state index contributed by atoms with van der Waals surface area (Å²) in [4.78, 5) is 72.8. The number of aliphatic hydroxyl groups is 1. The molecule has 1 fully saturated rings. The second kappa shape index (κ2) is 15.9. The van der Waals surface area contributed by atoms with Crippen molar-refractivity contribution in [2.45, 2.75) is 81.4 Å². The Morgan fingerprint density at radius 3 is 2.46 bits per heavy atom. The van der Waals surface area contributed by atoms with E-state index in [9.17, 15) is 29.1 Å². The monoisotopic (exact) mass is 817 g/mol. The van der Waals surface area contributed by atoms with E-state index in [4.69, 9.17) is 25.8 Å². The molecule has 2 amide bonds. The van der Waals surface area contributed by atoms with Crippen LogP contribution in [0.5, 0.6) is 17.2 Å². The molecule has 1 aromatic heterocycles. The van der Waals surface area contributed by atoms with Gasteiger partial charge in [0.05, 0.1) is 14.2 Å². The number of nitrogens with zero attached hydrogens (tertiary/aromatic N) is 2. The SMILES string of the molecule is CCC(C)[C@H](NC(=O)CC(C1=C(O)[C@@]2(Oc3c(Cl)c(OC)cc(OC)c3C2=O)[C@H](C)CC1=O)c1ccc(SC)cc1)C(=O)N1C[C@H]2C[C@@H](C1)c1cccc(=O)n1C2. The number of amides is 2. The fraction of sp³-hybridized carbons (Fsp3) is 0.465. The number of thioether (sulfide) groups is 1. The zero-order chi connectivity index (χ0) is 40.9. The van der Waals surface area contributed by atoms with Gasteiger partial charge in [-0.2, -0.15) is 0 Å². The van der Waals surface area contributed by atoms with Crippen LogP contribution >= 0.6 is 23.4 Å². The largest absolute Gasteiger partial charge is 0.507 e. The number of ether oxygens (including phenoxy) is 3. The summed E-state index contributed by atoms with van der Waals surface area (Å²) in [6.07, 6.45) is 2.93. The third-order valence-corrected chi connectivity index (χ3v) is 13.5. The Kier molecular flexibility index (Phi) is 11.3. The predicted molar refractivity (Wildman–Crippen MR) is 216 cm³/mol. The van der Waals surface area contributed by atoms with E-state index < -0.39 is 46.7 Å². The summed E-state index contributed by atoms with van der Waals surface area (Å²) in [6, 6.07) is 13.2. The molecule has 2 N–H and O–H groups in total. The molecule has 3 aliphatic heterocycles. The summed E-state index contributed by atoms with van der Waals surface area (Å²) in [5.74, 6) is -4.03.